The van der Waals surface area contributed by atoms with Crippen LogP contribution in [0.25, 0.3) is 50.4 Å². The van der Waals surface area contributed by atoms with Crippen LogP contribution in [0.1, 0.15) is 25.3 Å². The molecule has 5 aromatic rings. The molecular weight excluding hydrogens is 509 g/mol. The number of halogens is 1. The number of likely N-dealkylation sites (tertiary alicyclic amines) is 1. The molecule has 1 aromatic carbocycles. The van der Waals surface area contributed by atoms with Crippen molar-refractivity contribution >= 4 is 40.7 Å². The van der Waals surface area contributed by atoms with Crippen molar-refractivity contribution in [3.8, 4) is 28.5 Å². The van der Waals surface area contributed by atoms with Crippen molar-refractivity contribution in [2.75, 3.05) is 26.2 Å². The number of aromatic amines is 2. The van der Waals surface area contributed by atoms with Crippen LogP contribution in [0.4, 0.5) is 4.39 Å². The molecule has 0 bridgehead atoms. The van der Waals surface area contributed by atoms with E-state index < -0.39 is 5.82 Å². The third-order valence-corrected chi connectivity index (χ3v) is 6.94. The highest BCUT2D eigenvalue weighted by atomic mass is 19.1. The van der Waals surface area contributed by atoms with Crippen LogP contribution in [0, 0.1) is 5.82 Å². The Hall–Kier alpha value is -4.77. The van der Waals surface area contributed by atoms with E-state index in [0.717, 1.165) is 41.7 Å². The first kappa shape index (κ1) is 25.5. The summed E-state index contributed by atoms with van der Waals surface area (Å²) in [6.45, 7) is 8.83. The lowest BCUT2D eigenvalue weighted by Crippen LogP contribution is -2.25. The van der Waals surface area contributed by atoms with E-state index in [-0.39, 0.29) is 0 Å². The number of nitrogens with one attached hydrogen (secondary N) is 2. The van der Waals surface area contributed by atoms with Gasteiger partial charge >= 0.3 is 0 Å². The summed E-state index contributed by atoms with van der Waals surface area (Å²) in [4.78, 5) is 27.3. The molecule has 5 heterocycles. The average molecular weight is 538 g/mol. The van der Waals surface area contributed by atoms with Gasteiger partial charge in [0.25, 0.3) is 0 Å². The molecule has 0 saturated carbocycles. The van der Waals surface area contributed by atoms with E-state index in [2.05, 4.69) is 46.8 Å². The number of benzene rings is 1. The Balaban J connectivity index is 1.33. The summed E-state index contributed by atoms with van der Waals surface area (Å²) in [6, 6.07) is 8.48. The molecule has 1 aliphatic heterocycles. The van der Waals surface area contributed by atoms with Crippen molar-refractivity contribution in [1.82, 2.24) is 35.0 Å². The molecule has 0 radical (unpaired) electrons. The van der Waals surface area contributed by atoms with Crippen LogP contribution in [0.2, 0.25) is 0 Å². The summed E-state index contributed by atoms with van der Waals surface area (Å²) in [5.41, 5.74) is 5.54. The monoisotopic (exact) mass is 537 g/mol. The number of fused-ring (bicyclic) bond motifs is 2. The molecule has 6 rings (SSSR count). The predicted octanol–water partition coefficient (Wildman–Crippen LogP) is 5.27. The fourth-order valence-electron chi connectivity index (χ4n) is 4.91. The minimum absolute atomic E-state index is 0.391. The van der Waals surface area contributed by atoms with Crippen LogP contribution in [-0.4, -0.2) is 74.3 Å². The molecule has 0 unspecified atom stereocenters. The van der Waals surface area contributed by atoms with E-state index in [1.807, 2.05) is 25.1 Å². The molecule has 0 aliphatic carbocycles. The number of aliphatic imine (C=N–C) groups is 2. The minimum Gasteiger partial charge on any atom is -0.492 e. The summed E-state index contributed by atoms with van der Waals surface area (Å²) in [6.07, 6.45) is 8.93. The Morgan fingerprint density at radius 3 is 2.92 bits per heavy atom. The zero-order valence-electron chi connectivity index (χ0n) is 22.1. The van der Waals surface area contributed by atoms with E-state index in [1.54, 1.807) is 18.6 Å². The highest BCUT2D eigenvalue weighted by molar-refractivity contribution is 5.96. The number of hydrogen-bond donors (Lipinski definition) is 2. The van der Waals surface area contributed by atoms with Gasteiger partial charge in [0.05, 0.1) is 16.6 Å². The molecule has 0 amide bonds. The summed E-state index contributed by atoms with van der Waals surface area (Å²) >= 11 is 0. The zero-order valence-corrected chi connectivity index (χ0v) is 22.1. The van der Waals surface area contributed by atoms with E-state index in [1.165, 1.54) is 31.3 Å². The zero-order chi connectivity index (χ0) is 27.5. The third kappa shape index (κ3) is 5.23. The van der Waals surface area contributed by atoms with Crippen molar-refractivity contribution in [3.05, 3.63) is 60.3 Å². The summed E-state index contributed by atoms with van der Waals surface area (Å²) in [7, 11) is 0. The van der Waals surface area contributed by atoms with Gasteiger partial charge in [0.1, 0.15) is 35.7 Å². The van der Waals surface area contributed by atoms with Gasteiger partial charge in [0, 0.05) is 36.8 Å². The number of ether oxygens (including phenoxy) is 1. The second kappa shape index (κ2) is 11.1. The van der Waals surface area contributed by atoms with Crippen LogP contribution in [0.3, 0.4) is 0 Å². The Morgan fingerprint density at radius 2 is 2.08 bits per heavy atom. The Labute approximate surface area is 229 Å². The Morgan fingerprint density at radius 1 is 1.20 bits per heavy atom. The first-order valence-corrected chi connectivity index (χ1v) is 13.1. The first-order valence-electron chi connectivity index (χ1n) is 13.1. The molecule has 202 valence electrons. The van der Waals surface area contributed by atoms with Crippen LogP contribution in [0.5, 0.6) is 5.75 Å². The second-order valence-electron chi connectivity index (χ2n) is 9.67. The quantitative estimate of drug-likeness (QED) is 0.195. The molecule has 11 heteroatoms. The van der Waals surface area contributed by atoms with Crippen LogP contribution in [0.15, 0.2) is 58.9 Å². The van der Waals surface area contributed by atoms with Gasteiger partial charge in [-0.15, -0.1) is 0 Å². The van der Waals surface area contributed by atoms with Crippen LogP contribution >= 0.6 is 0 Å². The molecule has 10 nitrogen and oxygen atoms in total. The Kier molecular flexibility index (Phi) is 7.11. The van der Waals surface area contributed by atoms with Gasteiger partial charge < -0.3 is 9.72 Å². The van der Waals surface area contributed by atoms with Crippen molar-refractivity contribution in [1.29, 1.82) is 0 Å². The molecular formula is C29H28FN9O. The predicted molar refractivity (Wildman–Crippen MR) is 155 cm³/mol. The van der Waals surface area contributed by atoms with E-state index in [4.69, 9.17) is 9.72 Å². The number of hydrogen-bond acceptors (Lipinski definition) is 7. The number of H-pyrrole nitrogens is 2. The number of rotatable bonds is 9. The van der Waals surface area contributed by atoms with Crippen LogP contribution < -0.4 is 4.74 Å². The lowest BCUT2D eigenvalue weighted by atomic mass is 10.1. The van der Waals surface area contributed by atoms with Crippen molar-refractivity contribution in [3.63, 3.8) is 0 Å². The number of imidazole rings is 1. The Bertz CT molecular complexity index is 1750. The van der Waals surface area contributed by atoms with E-state index >= 15 is 0 Å². The number of allylic oxidation sites excluding steroid dienone is 1. The molecule has 0 atom stereocenters. The summed E-state index contributed by atoms with van der Waals surface area (Å²) in [5, 5.41) is 8.19. The van der Waals surface area contributed by atoms with Gasteiger partial charge in [-0.05, 0) is 75.0 Å². The van der Waals surface area contributed by atoms with Gasteiger partial charge in [-0.25, -0.2) is 19.4 Å². The van der Waals surface area contributed by atoms with Crippen LogP contribution in [-0.2, 0) is 0 Å². The maximum absolute atomic E-state index is 14.7. The number of nitrogens with zero attached hydrogens (tertiary/aromatic N) is 7. The largest absolute Gasteiger partial charge is 0.492 e. The minimum atomic E-state index is -0.391. The van der Waals surface area contributed by atoms with Crippen molar-refractivity contribution in [2.45, 2.75) is 19.8 Å². The molecule has 40 heavy (non-hydrogen) atoms. The molecule has 1 fully saturated rings. The summed E-state index contributed by atoms with van der Waals surface area (Å²) < 4.78 is 20.6. The van der Waals surface area contributed by atoms with E-state index in [9.17, 15) is 4.39 Å². The maximum atomic E-state index is 14.7. The topological polar surface area (TPSA) is 120 Å². The second-order valence-corrected chi connectivity index (χ2v) is 9.67. The first-order chi connectivity index (χ1) is 19.6. The number of aromatic nitrogens is 6. The van der Waals surface area contributed by atoms with E-state index in [0.29, 0.717) is 46.3 Å². The van der Waals surface area contributed by atoms with Gasteiger partial charge in [-0.3, -0.25) is 20.0 Å². The standard InChI is InChI=1S/C29H28FN9O/c1-18(15-32-17-31-2)20-13-23-26(37-38-28(23)34-16-20)29-35-24-5-6-33-25(27(24)36-29)19-11-21(30)14-22(12-19)40-10-9-39-7-3-4-8-39/h5-6,11-17H,2-4,7-10H2,1H3,(H,35,36)(H,34,37,38)/b18-15+,32-17?. The highest BCUT2D eigenvalue weighted by Gasteiger charge is 2.18. The maximum Gasteiger partial charge on any atom is 0.181 e. The lowest BCUT2D eigenvalue weighted by Gasteiger charge is -2.15. The third-order valence-electron chi connectivity index (χ3n) is 6.94. The summed E-state index contributed by atoms with van der Waals surface area (Å²) in [5.74, 6) is 0.649. The van der Waals surface area contributed by atoms with Gasteiger partial charge in [-0.2, -0.15) is 5.10 Å². The molecule has 2 N–H and O–H groups in total. The van der Waals surface area contributed by atoms with Gasteiger partial charge in [0.2, 0.25) is 0 Å². The SMILES string of the molecule is C=NC=N/C=C(\C)c1cnc2n[nH]c(-c3nc4c(-c5cc(F)cc(OCCN6CCCC6)c5)nccc4[nH]3)c2c1. The van der Waals surface area contributed by atoms with Crippen molar-refractivity contribution < 1.29 is 9.13 Å². The molecule has 1 saturated heterocycles. The number of pyridine rings is 2. The fourth-order valence-corrected chi connectivity index (χ4v) is 4.91. The van der Waals surface area contributed by atoms with Crippen molar-refractivity contribution in [2.24, 2.45) is 9.98 Å². The van der Waals surface area contributed by atoms with Gasteiger partial charge in [-0.1, -0.05) is 0 Å². The molecule has 4 aromatic heterocycles. The fraction of sp³-hybridized carbons (Fsp3) is 0.241. The lowest BCUT2D eigenvalue weighted by molar-refractivity contribution is 0.237. The average Bonchev–Trinajstić information content (AvgIpc) is 3.72. The normalized spacial score (nSPS) is 14.6. The molecule has 0 spiro atoms. The highest BCUT2D eigenvalue weighted by Crippen LogP contribution is 2.32. The molecule has 1 aliphatic rings. The van der Waals surface area contributed by atoms with Gasteiger partial charge in [0.15, 0.2) is 11.5 Å². The smallest absolute Gasteiger partial charge is 0.181 e.